The summed E-state index contributed by atoms with van der Waals surface area (Å²) >= 11 is 6.29. The van der Waals surface area contributed by atoms with Crippen molar-refractivity contribution in [3.8, 4) is 5.69 Å². The summed E-state index contributed by atoms with van der Waals surface area (Å²) in [6.07, 6.45) is -0.472. The van der Waals surface area contributed by atoms with Gasteiger partial charge >= 0.3 is 0 Å². The third kappa shape index (κ3) is 4.24. The Hall–Kier alpha value is -3.05. The zero-order chi connectivity index (χ0) is 24.8. The first kappa shape index (κ1) is 23.4. The summed E-state index contributed by atoms with van der Waals surface area (Å²) in [5.41, 5.74) is 11.7. The molecule has 36 heavy (non-hydrogen) atoms. The minimum absolute atomic E-state index is 0.185. The molecule has 12 heteroatoms. The number of aliphatic hydroxyl groups is 1. The highest BCUT2D eigenvalue weighted by Gasteiger charge is 2.51. The molecule has 4 heterocycles. The monoisotopic (exact) mass is 509 g/mol. The topological polar surface area (TPSA) is 140 Å². The zero-order valence-electron chi connectivity index (χ0n) is 19.4. The van der Waals surface area contributed by atoms with Crippen molar-refractivity contribution in [3.63, 3.8) is 0 Å². The third-order valence-electron chi connectivity index (χ3n) is 6.68. The number of rotatable bonds is 5. The van der Waals surface area contributed by atoms with Gasteiger partial charge in [0.25, 0.3) is 0 Å². The summed E-state index contributed by atoms with van der Waals surface area (Å²) in [5.74, 6) is 1.18. The van der Waals surface area contributed by atoms with Gasteiger partial charge in [-0.1, -0.05) is 47.0 Å². The molecule has 0 radical (unpaired) electrons. The van der Waals surface area contributed by atoms with Gasteiger partial charge in [-0.2, -0.15) is 5.10 Å². The Morgan fingerprint density at radius 1 is 1.22 bits per heavy atom. The van der Waals surface area contributed by atoms with E-state index in [4.69, 9.17) is 25.8 Å². The fourth-order valence-corrected chi connectivity index (χ4v) is 5.02. The SMILES string of the molecule is Cc1nc([C@@H]2OC3COC(c4ccccc4)O[C@@H]3[C@H](N=[N+]=[N-])C2O)n(-c2cc(Cl)cnc2C2CC2)n1. The maximum atomic E-state index is 11.4. The van der Waals surface area contributed by atoms with E-state index in [9.17, 15) is 10.6 Å². The number of hydrogen-bond acceptors (Lipinski definition) is 8. The van der Waals surface area contributed by atoms with Crippen LogP contribution in [-0.4, -0.2) is 55.8 Å². The lowest BCUT2D eigenvalue weighted by Gasteiger charge is -2.46. The van der Waals surface area contributed by atoms with E-state index in [2.05, 4.69) is 25.1 Å². The van der Waals surface area contributed by atoms with Crippen molar-refractivity contribution < 1.29 is 19.3 Å². The standard InChI is InChI=1S/C24H24ClN7O4/c1-12-28-23(32(30-12)16-9-15(25)10-27-18(16)13-7-8-13)22-20(33)19(29-31-26)21-17(35-22)11-34-24(36-21)14-5-3-2-4-6-14/h2-6,9-10,13,17,19-22,24,33H,7-8,11H2,1H3/t17?,19-,20?,21+,22-,24?/m1/s1. The molecule has 11 nitrogen and oxygen atoms in total. The van der Waals surface area contributed by atoms with Crippen LogP contribution < -0.4 is 0 Å². The van der Waals surface area contributed by atoms with E-state index in [1.165, 1.54) is 0 Å². The van der Waals surface area contributed by atoms with E-state index in [1.807, 2.05) is 30.3 Å². The van der Waals surface area contributed by atoms with Crippen LogP contribution in [0.1, 0.15) is 54.1 Å². The van der Waals surface area contributed by atoms with Gasteiger partial charge in [-0.15, -0.1) is 0 Å². The molecule has 3 unspecified atom stereocenters. The summed E-state index contributed by atoms with van der Waals surface area (Å²) in [6, 6.07) is 10.3. The Labute approximate surface area is 211 Å². The second kappa shape index (κ2) is 9.44. The number of nitrogens with zero attached hydrogens (tertiary/aromatic N) is 7. The Bertz CT molecular complexity index is 1310. The van der Waals surface area contributed by atoms with Gasteiger partial charge in [-0.3, -0.25) is 4.98 Å². The summed E-state index contributed by atoms with van der Waals surface area (Å²) in [4.78, 5) is 12.1. The van der Waals surface area contributed by atoms with Crippen LogP contribution in [0.15, 0.2) is 47.7 Å². The highest BCUT2D eigenvalue weighted by molar-refractivity contribution is 6.30. The van der Waals surface area contributed by atoms with E-state index in [0.717, 1.165) is 24.1 Å². The first-order chi connectivity index (χ1) is 17.5. The van der Waals surface area contributed by atoms with Gasteiger partial charge in [0, 0.05) is 22.6 Å². The number of ether oxygens (including phenoxy) is 3. The van der Waals surface area contributed by atoms with Crippen molar-refractivity contribution in [2.45, 2.75) is 62.4 Å². The van der Waals surface area contributed by atoms with Crippen molar-refractivity contribution in [1.29, 1.82) is 0 Å². The van der Waals surface area contributed by atoms with Gasteiger partial charge in [-0.25, -0.2) is 9.67 Å². The lowest BCUT2D eigenvalue weighted by molar-refractivity contribution is -0.309. The first-order valence-corrected chi connectivity index (χ1v) is 12.2. The summed E-state index contributed by atoms with van der Waals surface area (Å²) in [7, 11) is 0. The fourth-order valence-electron chi connectivity index (χ4n) is 4.87. The highest BCUT2D eigenvalue weighted by atomic mass is 35.5. The number of aryl methyl sites for hydroxylation is 1. The average Bonchev–Trinajstić information content (AvgIpc) is 3.66. The minimum Gasteiger partial charge on any atom is -0.389 e. The number of fused-ring (bicyclic) bond motifs is 1. The molecule has 0 spiro atoms. The number of pyridine rings is 1. The predicted molar refractivity (Wildman–Crippen MR) is 127 cm³/mol. The second-order valence-corrected chi connectivity index (χ2v) is 9.66. The minimum atomic E-state index is -1.24. The molecule has 0 bridgehead atoms. The number of hydrogen-bond donors (Lipinski definition) is 1. The van der Waals surface area contributed by atoms with Gasteiger partial charge in [0.05, 0.1) is 35.2 Å². The molecule has 3 fully saturated rings. The molecule has 3 aromatic rings. The van der Waals surface area contributed by atoms with E-state index >= 15 is 0 Å². The van der Waals surface area contributed by atoms with Crippen LogP contribution in [-0.2, 0) is 14.2 Å². The molecule has 2 aromatic heterocycles. The van der Waals surface area contributed by atoms with Gasteiger partial charge in [-0.05, 0) is 31.4 Å². The quantitative estimate of drug-likeness (QED) is 0.310. The Morgan fingerprint density at radius 3 is 2.78 bits per heavy atom. The Kier molecular flexibility index (Phi) is 6.12. The molecule has 6 atom stereocenters. The first-order valence-electron chi connectivity index (χ1n) is 11.8. The molecule has 1 saturated carbocycles. The molecular weight excluding hydrogens is 486 g/mol. The molecular formula is C24H24ClN7O4. The van der Waals surface area contributed by atoms with Crippen LogP contribution in [0.3, 0.4) is 0 Å². The maximum Gasteiger partial charge on any atom is 0.184 e. The van der Waals surface area contributed by atoms with E-state index in [-0.39, 0.29) is 6.61 Å². The normalized spacial score (nSPS) is 29.9. The molecule has 0 amide bonds. The average molecular weight is 510 g/mol. The van der Waals surface area contributed by atoms with Crippen molar-refractivity contribution in [2.24, 2.45) is 5.11 Å². The van der Waals surface area contributed by atoms with Gasteiger partial charge in [0.15, 0.2) is 12.1 Å². The van der Waals surface area contributed by atoms with Crippen molar-refractivity contribution in [3.05, 3.63) is 81.0 Å². The largest absolute Gasteiger partial charge is 0.389 e. The number of halogens is 1. The third-order valence-corrected chi connectivity index (χ3v) is 6.89. The second-order valence-electron chi connectivity index (χ2n) is 9.22. The number of aliphatic hydroxyl groups excluding tert-OH is 1. The predicted octanol–water partition coefficient (Wildman–Crippen LogP) is 4.10. The van der Waals surface area contributed by atoms with Crippen LogP contribution in [0.4, 0.5) is 0 Å². The van der Waals surface area contributed by atoms with Crippen LogP contribution in [0, 0.1) is 6.92 Å². The van der Waals surface area contributed by atoms with Crippen LogP contribution in [0.2, 0.25) is 5.02 Å². The molecule has 1 N–H and O–H groups in total. The fraction of sp³-hybridized carbons (Fsp3) is 0.458. The van der Waals surface area contributed by atoms with Gasteiger partial charge < -0.3 is 19.3 Å². The van der Waals surface area contributed by atoms with Gasteiger partial charge in [0.2, 0.25) is 0 Å². The Balaban J connectivity index is 1.35. The summed E-state index contributed by atoms with van der Waals surface area (Å²) in [6.45, 7) is 1.94. The molecule has 6 rings (SSSR count). The Morgan fingerprint density at radius 2 is 2.03 bits per heavy atom. The lowest BCUT2D eigenvalue weighted by atomic mass is 9.91. The van der Waals surface area contributed by atoms with E-state index in [1.54, 1.807) is 23.9 Å². The number of aromatic nitrogens is 4. The van der Waals surface area contributed by atoms with Crippen molar-refractivity contribution in [1.82, 2.24) is 19.7 Å². The summed E-state index contributed by atoms with van der Waals surface area (Å²) in [5, 5.41) is 20.4. The lowest BCUT2D eigenvalue weighted by Crippen LogP contribution is -2.58. The van der Waals surface area contributed by atoms with Gasteiger partial charge in [0.1, 0.15) is 24.1 Å². The van der Waals surface area contributed by atoms with E-state index < -0.39 is 36.7 Å². The molecule has 3 aliphatic rings. The van der Waals surface area contributed by atoms with Crippen LogP contribution >= 0.6 is 11.6 Å². The van der Waals surface area contributed by atoms with E-state index in [0.29, 0.717) is 28.3 Å². The van der Waals surface area contributed by atoms with Crippen molar-refractivity contribution >= 4 is 11.6 Å². The molecule has 186 valence electrons. The molecule has 1 aliphatic carbocycles. The molecule has 1 aromatic carbocycles. The molecule has 2 aliphatic heterocycles. The number of azide groups is 1. The van der Waals surface area contributed by atoms with Crippen LogP contribution in [0.25, 0.3) is 16.1 Å². The molecule has 2 saturated heterocycles. The summed E-state index contributed by atoms with van der Waals surface area (Å²) < 4.78 is 20.0. The smallest absolute Gasteiger partial charge is 0.184 e. The zero-order valence-corrected chi connectivity index (χ0v) is 20.1. The number of benzene rings is 1. The highest BCUT2D eigenvalue weighted by Crippen LogP contribution is 2.44. The van der Waals surface area contributed by atoms with Crippen molar-refractivity contribution in [2.75, 3.05) is 6.61 Å². The maximum absolute atomic E-state index is 11.4. The van der Waals surface area contributed by atoms with Crippen LogP contribution in [0.5, 0.6) is 0 Å².